The number of nitrogens with zero attached hydrogens (tertiary/aromatic N) is 2. The zero-order valence-corrected chi connectivity index (χ0v) is 21.9. The summed E-state index contributed by atoms with van der Waals surface area (Å²) in [4.78, 5) is 33.3. The molecule has 0 atom stereocenters. The van der Waals surface area contributed by atoms with Crippen LogP contribution in [0.25, 0.3) is 10.2 Å². The van der Waals surface area contributed by atoms with Crippen molar-refractivity contribution in [2.24, 2.45) is 0 Å². The number of hydrogen-bond acceptors (Lipinski definition) is 6. The van der Waals surface area contributed by atoms with Crippen LogP contribution < -0.4 is 15.6 Å². The van der Waals surface area contributed by atoms with Gasteiger partial charge in [-0.3, -0.25) is 14.2 Å². The summed E-state index contributed by atoms with van der Waals surface area (Å²) in [6.45, 7) is 0.941. The molecule has 1 N–H and O–H groups in total. The van der Waals surface area contributed by atoms with Crippen molar-refractivity contribution in [2.75, 3.05) is 12.9 Å². The minimum Gasteiger partial charge on any atom is -0.497 e. The summed E-state index contributed by atoms with van der Waals surface area (Å²) in [7, 11) is 1.64. The zero-order chi connectivity index (χ0) is 24.9. The molecule has 36 heavy (non-hydrogen) atoms. The van der Waals surface area contributed by atoms with Crippen LogP contribution >= 0.6 is 23.1 Å². The lowest BCUT2D eigenvalue weighted by Crippen LogP contribution is -2.25. The lowest BCUT2D eigenvalue weighted by molar-refractivity contribution is -0.120. The van der Waals surface area contributed by atoms with Gasteiger partial charge in [-0.2, -0.15) is 0 Å². The van der Waals surface area contributed by atoms with Gasteiger partial charge in [-0.05, 0) is 54.5 Å². The van der Waals surface area contributed by atoms with Gasteiger partial charge in [0.15, 0.2) is 5.16 Å². The van der Waals surface area contributed by atoms with Gasteiger partial charge in [0.2, 0.25) is 5.91 Å². The Morgan fingerprint density at radius 1 is 1.08 bits per heavy atom. The molecule has 0 unspecified atom stereocenters. The molecule has 0 bridgehead atoms. The molecule has 2 aromatic carbocycles. The van der Waals surface area contributed by atoms with Crippen LogP contribution in [0, 0.1) is 0 Å². The highest BCUT2D eigenvalue weighted by atomic mass is 32.2. The number of benzene rings is 2. The number of ether oxygens (including phenoxy) is 1. The Bertz CT molecular complexity index is 1410. The molecule has 186 valence electrons. The van der Waals surface area contributed by atoms with E-state index >= 15 is 0 Å². The highest BCUT2D eigenvalue weighted by Gasteiger charge is 2.22. The molecule has 0 aliphatic heterocycles. The van der Waals surface area contributed by atoms with E-state index < -0.39 is 0 Å². The largest absolute Gasteiger partial charge is 0.497 e. The summed E-state index contributed by atoms with van der Waals surface area (Å²) in [5, 5.41) is 4.42. The van der Waals surface area contributed by atoms with Crippen LogP contribution in [0.1, 0.15) is 40.8 Å². The zero-order valence-electron chi connectivity index (χ0n) is 20.3. The van der Waals surface area contributed by atoms with Crippen LogP contribution in [-0.2, 0) is 30.7 Å². The number of aromatic nitrogens is 2. The number of hydrogen-bond donors (Lipinski definition) is 1. The number of thiophene rings is 1. The molecule has 1 amide bonds. The quantitative estimate of drug-likeness (QED) is 0.243. The summed E-state index contributed by atoms with van der Waals surface area (Å²) >= 11 is 3.13. The minimum absolute atomic E-state index is 0.0110. The van der Waals surface area contributed by atoms with Crippen LogP contribution in [0.4, 0.5) is 0 Å². The third-order valence-corrected chi connectivity index (χ3v) is 8.60. The summed E-state index contributed by atoms with van der Waals surface area (Å²) in [5.74, 6) is 1.32. The number of thioether (sulfide) groups is 1. The topological polar surface area (TPSA) is 73.2 Å². The molecule has 0 spiro atoms. The number of carbonyl (C=O) groups is 1. The molecule has 0 fully saturated rings. The molecule has 5 rings (SSSR count). The van der Waals surface area contributed by atoms with Crippen molar-refractivity contribution in [3.63, 3.8) is 0 Å². The molecule has 2 heterocycles. The number of amides is 1. The lowest BCUT2D eigenvalue weighted by Gasteiger charge is -2.14. The molecular weight excluding hydrogens is 490 g/mol. The highest BCUT2D eigenvalue weighted by molar-refractivity contribution is 7.99. The first kappa shape index (κ1) is 24.6. The van der Waals surface area contributed by atoms with Crippen molar-refractivity contribution in [3.05, 3.63) is 86.5 Å². The Balaban J connectivity index is 1.37. The molecule has 4 aromatic rings. The highest BCUT2D eigenvalue weighted by Crippen LogP contribution is 2.35. The van der Waals surface area contributed by atoms with E-state index in [1.165, 1.54) is 28.6 Å². The van der Waals surface area contributed by atoms with Gasteiger partial charge in [0.25, 0.3) is 5.56 Å². The average Bonchev–Trinajstić information content (AvgIpc) is 3.29. The first-order chi connectivity index (χ1) is 17.6. The molecule has 6 nitrogen and oxygen atoms in total. The van der Waals surface area contributed by atoms with Crippen molar-refractivity contribution < 1.29 is 9.53 Å². The Morgan fingerprint density at radius 2 is 1.86 bits per heavy atom. The molecule has 1 aliphatic carbocycles. The van der Waals surface area contributed by atoms with Crippen molar-refractivity contribution in [1.82, 2.24) is 14.9 Å². The van der Waals surface area contributed by atoms with Gasteiger partial charge in [0.05, 0.1) is 19.0 Å². The minimum atomic E-state index is -0.0110. The predicted molar refractivity (Wildman–Crippen MR) is 146 cm³/mol. The van der Waals surface area contributed by atoms with Crippen molar-refractivity contribution in [3.8, 4) is 5.75 Å². The van der Waals surface area contributed by atoms with Gasteiger partial charge in [-0.15, -0.1) is 11.3 Å². The average molecular weight is 520 g/mol. The van der Waals surface area contributed by atoms with E-state index in [4.69, 9.17) is 9.72 Å². The number of nitrogens with one attached hydrogen (secondary N) is 1. The third-order valence-electron chi connectivity index (χ3n) is 6.43. The molecule has 0 saturated carbocycles. The number of carbonyl (C=O) groups excluding carboxylic acids is 1. The number of fused-ring (bicyclic) bond motifs is 3. The van der Waals surface area contributed by atoms with E-state index in [0.717, 1.165) is 46.4 Å². The van der Waals surface area contributed by atoms with Gasteiger partial charge >= 0.3 is 0 Å². The van der Waals surface area contributed by atoms with Gasteiger partial charge in [-0.25, -0.2) is 4.98 Å². The van der Waals surface area contributed by atoms with Crippen molar-refractivity contribution in [1.29, 1.82) is 0 Å². The second-order valence-electron chi connectivity index (χ2n) is 8.89. The first-order valence-corrected chi connectivity index (χ1v) is 14.0. The fourth-order valence-corrected chi connectivity index (χ4v) is 6.74. The maximum absolute atomic E-state index is 13.8. The van der Waals surface area contributed by atoms with Gasteiger partial charge in [0.1, 0.15) is 10.6 Å². The van der Waals surface area contributed by atoms with Crippen molar-refractivity contribution >= 4 is 39.2 Å². The Hall–Kier alpha value is -3.10. The fraction of sp³-hybridized carbons (Fsp3) is 0.321. The molecule has 8 heteroatoms. The fourth-order valence-electron chi connectivity index (χ4n) is 4.50. The molecule has 0 saturated heterocycles. The third kappa shape index (κ3) is 5.50. The lowest BCUT2D eigenvalue weighted by atomic mass is 9.97. The second kappa shape index (κ2) is 11.3. The van der Waals surface area contributed by atoms with Crippen LogP contribution in [0.2, 0.25) is 0 Å². The molecule has 2 aromatic heterocycles. The predicted octanol–water partition coefficient (Wildman–Crippen LogP) is 5.19. The Kier molecular flexibility index (Phi) is 7.72. The van der Waals surface area contributed by atoms with Crippen LogP contribution in [0.3, 0.4) is 0 Å². The van der Waals surface area contributed by atoms with Gasteiger partial charge < -0.3 is 10.1 Å². The summed E-state index contributed by atoms with van der Waals surface area (Å²) in [6.07, 6.45) is 4.61. The van der Waals surface area contributed by atoms with Crippen LogP contribution in [0.15, 0.2) is 64.5 Å². The monoisotopic (exact) mass is 519 g/mol. The smallest absolute Gasteiger partial charge is 0.263 e. The maximum atomic E-state index is 13.8. The number of aryl methyl sites for hydroxylation is 2. The number of rotatable bonds is 9. The van der Waals surface area contributed by atoms with E-state index in [1.54, 1.807) is 23.0 Å². The van der Waals surface area contributed by atoms with Crippen molar-refractivity contribution in [2.45, 2.75) is 50.4 Å². The van der Waals surface area contributed by atoms with Gasteiger partial charge in [0, 0.05) is 23.6 Å². The molecule has 1 aliphatic rings. The summed E-state index contributed by atoms with van der Waals surface area (Å²) in [6, 6.07) is 17.6. The van der Waals surface area contributed by atoms with Gasteiger partial charge in [-0.1, -0.05) is 54.2 Å². The standard InChI is InChI=1S/C28H29N3O3S2/c1-34-21-13-11-20(12-14-21)18-31-27(33)25-22-9-5-6-10-23(22)36-26(25)30-28(31)35-16-15-24(32)29-17-19-7-3-2-4-8-19/h2-4,7-8,11-14H,5-6,9-10,15-18H2,1H3,(H,29,32). The SMILES string of the molecule is COc1ccc(Cn2c(SCCC(=O)NCc3ccccc3)nc3sc4c(c3c2=O)CCCC4)cc1. The van der Waals surface area contributed by atoms with Crippen LogP contribution in [0.5, 0.6) is 5.75 Å². The van der Waals surface area contributed by atoms with E-state index in [2.05, 4.69) is 5.32 Å². The molecule has 0 radical (unpaired) electrons. The second-order valence-corrected chi connectivity index (χ2v) is 11.0. The van der Waals surface area contributed by atoms with E-state index in [1.807, 2.05) is 54.6 Å². The summed E-state index contributed by atoms with van der Waals surface area (Å²) in [5.41, 5.74) is 3.29. The normalized spacial score (nSPS) is 12.9. The maximum Gasteiger partial charge on any atom is 0.263 e. The summed E-state index contributed by atoms with van der Waals surface area (Å²) < 4.78 is 7.05. The first-order valence-electron chi connectivity index (χ1n) is 12.2. The Morgan fingerprint density at radius 3 is 2.64 bits per heavy atom. The van der Waals surface area contributed by atoms with Crippen LogP contribution in [-0.4, -0.2) is 28.3 Å². The van der Waals surface area contributed by atoms with E-state index in [0.29, 0.717) is 30.4 Å². The number of methoxy groups -OCH3 is 1. The Labute approximate surface area is 218 Å². The molecular formula is C28H29N3O3S2. The van der Waals surface area contributed by atoms with E-state index in [-0.39, 0.29) is 11.5 Å². The van der Waals surface area contributed by atoms with E-state index in [9.17, 15) is 9.59 Å².